The van der Waals surface area contributed by atoms with Crippen molar-refractivity contribution in [3.05, 3.63) is 29.8 Å². The summed E-state index contributed by atoms with van der Waals surface area (Å²) >= 11 is 0. The number of benzene rings is 1. The number of carbonyl (C=O) groups is 3. The van der Waals surface area contributed by atoms with Crippen LogP contribution in [0.3, 0.4) is 0 Å². The Balaban J connectivity index is 2.71. The first-order chi connectivity index (χ1) is 12.9. The third kappa shape index (κ3) is 6.49. The lowest BCUT2D eigenvalue weighted by atomic mass is 9.82. The minimum Gasteiger partial charge on any atom is -0.465 e. The van der Waals surface area contributed by atoms with Crippen molar-refractivity contribution in [2.45, 2.75) is 72.6 Å². The van der Waals surface area contributed by atoms with Gasteiger partial charge in [0.25, 0.3) is 0 Å². The molecule has 0 fully saturated rings. The minimum atomic E-state index is -1.30. The van der Waals surface area contributed by atoms with Gasteiger partial charge >= 0.3 is 11.9 Å². The zero-order valence-corrected chi connectivity index (χ0v) is 17.0. The number of hydrogen-bond donors (Lipinski definition) is 0. The lowest BCUT2D eigenvalue weighted by Crippen LogP contribution is -2.42. The van der Waals surface area contributed by atoms with Crippen molar-refractivity contribution < 1.29 is 23.9 Å². The van der Waals surface area contributed by atoms with E-state index in [1.807, 2.05) is 0 Å². The second-order valence-corrected chi connectivity index (χ2v) is 6.81. The normalized spacial score (nSPS) is 11.1. The Morgan fingerprint density at radius 3 is 1.96 bits per heavy atom. The van der Waals surface area contributed by atoms with E-state index in [9.17, 15) is 14.4 Å². The fourth-order valence-electron chi connectivity index (χ4n) is 2.88. The van der Waals surface area contributed by atoms with Crippen LogP contribution in [0.1, 0.15) is 83.0 Å². The summed E-state index contributed by atoms with van der Waals surface area (Å²) in [6.45, 7) is 7.51. The molecule has 0 amide bonds. The Hall–Kier alpha value is -2.17. The summed E-state index contributed by atoms with van der Waals surface area (Å²) < 4.78 is 10.8. The van der Waals surface area contributed by atoms with Gasteiger partial charge in [0.05, 0.1) is 6.61 Å². The zero-order chi connectivity index (χ0) is 20.3. The highest BCUT2D eigenvalue weighted by Gasteiger charge is 2.46. The maximum Gasteiger partial charge on any atom is 0.328 e. The molecular weight excluding hydrogens is 344 g/mol. The average molecular weight is 376 g/mol. The van der Waals surface area contributed by atoms with Crippen LogP contribution in [0.4, 0.5) is 0 Å². The maximum atomic E-state index is 12.7. The molecule has 0 spiro atoms. The molecule has 0 atom stereocenters. The summed E-state index contributed by atoms with van der Waals surface area (Å²) in [4.78, 5) is 36.7. The van der Waals surface area contributed by atoms with Crippen molar-refractivity contribution in [1.82, 2.24) is 0 Å². The first-order valence-corrected chi connectivity index (χ1v) is 9.91. The largest absolute Gasteiger partial charge is 0.465 e. The third-order valence-electron chi connectivity index (χ3n) is 4.94. The van der Waals surface area contributed by atoms with E-state index in [0.29, 0.717) is 30.8 Å². The third-order valence-corrected chi connectivity index (χ3v) is 4.94. The minimum absolute atomic E-state index is 0.0631. The maximum absolute atomic E-state index is 12.7. The van der Waals surface area contributed by atoms with Crippen LogP contribution in [-0.4, -0.2) is 24.3 Å². The van der Waals surface area contributed by atoms with Gasteiger partial charge in [-0.25, -0.2) is 0 Å². The van der Waals surface area contributed by atoms with Crippen LogP contribution in [0.5, 0.6) is 5.75 Å². The Labute approximate surface area is 162 Å². The summed E-state index contributed by atoms with van der Waals surface area (Å²) in [6.07, 6.45) is 5.89. The van der Waals surface area contributed by atoms with E-state index < -0.39 is 17.4 Å². The fraction of sp³-hybridized carbons (Fsp3) is 0.591. The Bertz CT molecular complexity index is 614. The van der Waals surface area contributed by atoms with Crippen molar-refractivity contribution in [2.24, 2.45) is 5.41 Å². The van der Waals surface area contributed by atoms with E-state index in [4.69, 9.17) is 9.47 Å². The molecule has 5 nitrogen and oxygen atoms in total. The number of ether oxygens (including phenoxy) is 2. The van der Waals surface area contributed by atoms with Gasteiger partial charge in [-0.3, -0.25) is 14.4 Å². The van der Waals surface area contributed by atoms with E-state index in [1.54, 1.807) is 38.1 Å². The first-order valence-electron chi connectivity index (χ1n) is 9.91. The number of Topliss-reactive ketones (excluding diaryl/α,β-unsaturated/α-hetero) is 1. The van der Waals surface area contributed by atoms with E-state index in [-0.39, 0.29) is 5.78 Å². The van der Waals surface area contributed by atoms with E-state index in [2.05, 4.69) is 6.92 Å². The monoisotopic (exact) mass is 376 g/mol. The second-order valence-electron chi connectivity index (χ2n) is 6.81. The van der Waals surface area contributed by atoms with Crippen LogP contribution in [0.25, 0.3) is 0 Å². The summed E-state index contributed by atoms with van der Waals surface area (Å²) in [5.74, 6) is -0.886. The van der Waals surface area contributed by atoms with Gasteiger partial charge in [-0.05, 0) is 50.5 Å². The Morgan fingerprint density at radius 1 is 0.852 bits per heavy atom. The highest BCUT2D eigenvalue weighted by atomic mass is 16.6. The molecule has 0 aliphatic heterocycles. The molecule has 0 aliphatic carbocycles. The van der Waals surface area contributed by atoms with Gasteiger partial charge in [-0.2, -0.15) is 0 Å². The number of carbonyl (C=O) groups excluding carboxylic acids is 3. The molecule has 0 bridgehead atoms. The van der Waals surface area contributed by atoms with E-state index >= 15 is 0 Å². The van der Waals surface area contributed by atoms with Gasteiger partial charge in [-0.1, -0.05) is 46.5 Å². The molecule has 0 saturated carbocycles. The van der Waals surface area contributed by atoms with E-state index in [1.165, 1.54) is 13.3 Å². The first kappa shape index (κ1) is 22.9. The molecule has 0 aromatic heterocycles. The lowest BCUT2D eigenvalue weighted by Gasteiger charge is -2.26. The lowest BCUT2D eigenvalue weighted by molar-refractivity contribution is -0.168. The van der Waals surface area contributed by atoms with Gasteiger partial charge < -0.3 is 9.47 Å². The summed E-state index contributed by atoms with van der Waals surface area (Å²) in [5, 5.41) is 0. The predicted molar refractivity (Wildman–Crippen MR) is 105 cm³/mol. The molecule has 0 aliphatic rings. The van der Waals surface area contributed by atoms with Crippen LogP contribution in [-0.2, 0) is 14.3 Å². The molecule has 0 unspecified atom stereocenters. The molecule has 5 heteroatoms. The molecule has 27 heavy (non-hydrogen) atoms. The number of ketones is 1. The van der Waals surface area contributed by atoms with Gasteiger partial charge in [0.2, 0.25) is 0 Å². The Kier molecular flexibility index (Phi) is 9.76. The van der Waals surface area contributed by atoms with Crippen LogP contribution in [0.2, 0.25) is 0 Å². The van der Waals surface area contributed by atoms with Gasteiger partial charge in [0.15, 0.2) is 11.2 Å². The molecule has 1 aromatic carbocycles. The molecule has 150 valence electrons. The van der Waals surface area contributed by atoms with Gasteiger partial charge in [0.1, 0.15) is 5.75 Å². The topological polar surface area (TPSA) is 69.7 Å². The number of rotatable bonds is 12. The summed E-state index contributed by atoms with van der Waals surface area (Å²) in [7, 11) is 0. The highest BCUT2D eigenvalue weighted by molar-refractivity contribution is 6.01. The van der Waals surface area contributed by atoms with Crippen molar-refractivity contribution in [3.8, 4) is 5.75 Å². The molecule has 1 aromatic rings. The van der Waals surface area contributed by atoms with Crippen LogP contribution in [0, 0.1) is 5.41 Å². The van der Waals surface area contributed by atoms with Gasteiger partial charge in [-0.15, -0.1) is 0 Å². The van der Waals surface area contributed by atoms with Crippen molar-refractivity contribution >= 4 is 17.7 Å². The SMILES string of the molecule is CCCCCCCOC(=O)C(CC)(CC)C(=O)Oc1ccc(C(C)=O)cc1. The second kappa shape index (κ2) is 11.5. The zero-order valence-electron chi connectivity index (χ0n) is 17.0. The fourth-order valence-corrected chi connectivity index (χ4v) is 2.88. The molecule has 1 rings (SSSR count). The number of hydrogen-bond acceptors (Lipinski definition) is 5. The van der Waals surface area contributed by atoms with Crippen molar-refractivity contribution in [3.63, 3.8) is 0 Å². The molecule has 0 N–H and O–H groups in total. The number of esters is 2. The van der Waals surface area contributed by atoms with E-state index in [0.717, 1.165) is 25.7 Å². The van der Waals surface area contributed by atoms with Crippen molar-refractivity contribution in [1.29, 1.82) is 0 Å². The molecule has 0 heterocycles. The predicted octanol–water partition coefficient (Wildman–Crippen LogP) is 5.11. The Morgan fingerprint density at radius 2 is 1.44 bits per heavy atom. The van der Waals surface area contributed by atoms with Gasteiger partial charge in [0, 0.05) is 5.56 Å². The standard InChI is InChI=1S/C22H32O5/c1-5-8-9-10-11-16-26-20(24)22(6-2,7-3)21(25)27-19-14-12-18(13-15-19)17(4)23/h12-15H,5-11,16H2,1-4H3. The molecular formula is C22H32O5. The summed E-state index contributed by atoms with van der Waals surface area (Å²) in [5.41, 5.74) is -0.766. The average Bonchev–Trinajstić information content (AvgIpc) is 2.66. The van der Waals surface area contributed by atoms with Crippen LogP contribution >= 0.6 is 0 Å². The van der Waals surface area contributed by atoms with Crippen LogP contribution < -0.4 is 4.74 Å². The quantitative estimate of drug-likeness (QED) is 0.167. The summed E-state index contributed by atoms with van der Waals surface area (Å²) in [6, 6.07) is 6.31. The number of unbranched alkanes of at least 4 members (excludes halogenated alkanes) is 4. The van der Waals surface area contributed by atoms with Crippen LogP contribution in [0.15, 0.2) is 24.3 Å². The van der Waals surface area contributed by atoms with Crippen molar-refractivity contribution in [2.75, 3.05) is 6.61 Å². The molecule has 0 saturated heterocycles. The highest BCUT2D eigenvalue weighted by Crippen LogP contribution is 2.31. The smallest absolute Gasteiger partial charge is 0.328 e. The molecule has 0 radical (unpaired) electrons.